The van der Waals surface area contributed by atoms with Crippen molar-refractivity contribution in [2.45, 2.75) is 46.0 Å². The number of hydrogen-bond donors (Lipinski definition) is 1. The van der Waals surface area contributed by atoms with Crippen molar-refractivity contribution >= 4 is 29.2 Å². The van der Waals surface area contributed by atoms with Gasteiger partial charge in [0.15, 0.2) is 0 Å². The molecule has 1 saturated carbocycles. The van der Waals surface area contributed by atoms with E-state index in [0.717, 1.165) is 31.2 Å². The first-order chi connectivity index (χ1) is 9.84. The van der Waals surface area contributed by atoms with Gasteiger partial charge in [-0.25, -0.2) is 0 Å². The van der Waals surface area contributed by atoms with Crippen LogP contribution in [0.5, 0.6) is 0 Å². The fourth-order valence-corrected chi connectivity index (χ4v) is 3.69. The summed E-state index contributed by atoms with van der Waals surface area (Å²) >= 11 is 12.0. The Hall–Kier alpha value is -0.730. The van der Waals surface area contributed by atoms with Crippen LogP contribution in [0, 0.1) is 17.3 Å². The van der Waals surface area contributed by atoms with Gasteiger partial charge in [0, 0.05) is 0 Å². The molecular weight excluding hydrogens is 307 g/mol. The summed E-state index contributed by atoms with van der Waals surface area (Å²) in [6, 6.07) is 5.42. The molecule has 116 valence electrons. The molecule has 4 heteroatoms. The zero-order valence-electron chi connectivity index (χ0n) is 12.5. The Bertz CT molecular complexity index is 518. The van der Waals surface area contributed by atoms with Gasteiger partial charge in [0.2, 0.25) is 0 Å². The van der Waals surface area contributed by atoms with Crippen LogP contribution in [0.3, 0.4) is 0 Å². The summed E-state index contributed by atoms with van der Waals surface area (Å²) in [5.41, 5.74) is 0.303. The van der Waals surface area contributed by atoms with E-state index in [9.17, 15) is 9.90 Å². The average Bonchev–Trinajstić information content (AvgIpc) is 2.43. The lowest BCUT2D eigenvalue weighted by atomic mass is 9.65. The van der Waals surface area contributed by atoms with Crippen molar-refractivity contribution in [3.8, 4) is 0 Å². The Morgan fingerprint density at radius 1 is 1.29 bits per heavy atom. The van der Waals surface area contributed by atoms with Crippen LogP contribution in [0.25, 0.3) is 0 Å². The summed E-state index contributed by atoms with van der Waals surface area (Å²) in [7, 11) is 0. The highest BCUT2D eigenvalue weighted by atomic mass is 35.5. The summed E-state index contributed by atoms with van der Waals surface area (Å²) < 4.78 is 0. The van der Waals surface area contributed by atoms with Gasteiger partial charge in [0.25, 0.3) is 0 Å². The third kappa shape index (κ3) is 3.73. The number of carbonyl (C=O) groups is 1. The lowest BCUT2D eigenvalue weighted by Crippen LogP contribution is -2.38. The van der Waals surface area contributed by atoms with Crippen molar-refractivity contribution in [1.82, 2.24) is 0 Å². The van der Waals surface area contributed by atoms with E-state index in [1.165, 1.54) is 0 Å². The number of halogens is 2. The smallest absolute Gasteiger partial charge is 0.309 e. The van der Waals surface area contributed by atoms with E-state index in [4.69, 9.17) is 23.2 Å². The summed E-state index contributed by atoms with van der Waals surface area (Å²) in [4.78, 5) is 11.9. The van der Waals surface area contributed by atoms with E-state index < -0.39 is 11.4 Å². The minimum atomic E-state index is -0.684. The molecule has 0 spiro atoms. The molecule has 1 aromatic rings. The third-order valence-electron chi connectivity index (χ3n) is 4.91. The molecule has 0 aromatic heterocycles. The summed E-state index contributed by atoms with van der Waals surface area (Å²) in [6.07, 6.45) is 4.00. The zero-order valence-corrected chi connectivity index (χ0v) is 14.0. The van der Waals surface area contributed by atoms with Crippen LogP contribution < -0.4 is 0 Å². The minimum Gasteiger partial charge on any atom is -0.481 e. The second-order valence-electron chi connectivity index (χ2n) is 6.59. The molecule has 21 heavy (non-hydrogen) atoms. The monoisotopic (exact) mass is 328 g/mol. The summed E-state index contributed by atoms with van der Waals surface area (Å²) in [5.74, 6) is 0.587. The highest BCUT2D eigenvalue weighted by Gasteiger charge is 2.42. The molecule has 1 aliphatic rings. The molecule has 0 amide bonds. The average molecular weight is 329 g/mol. The molecule has 0 atom stereocenters. The van der Waals surface area contributed by atoms with Gasteiger partial charge in [-0.1, -0.05) is 43.1 Å². The van der Waals surface area contributed by atoms with Crippen molar-refractivity contribution in [2.75, 3.05) is 0 Å². The van der Waals surface area contributed by atoms with Crippen LogP contribution >= 0.6 is 23.2 Å². The van der Waals surface area contributed by atoms with Crippen LogP contribution in [-0.2, 0) is 11.2 Å². The number of rotatable bonds is 4. The molecule has 0 saturated heterocycles. The van der Waals surface area contributed by atoms with Gasteiger partial charge < -0.3 is 5.11 Å². The SMILES string of the molecule is CC(C)C1CCC(Cc2ccc(Cl)c(Cl)c2)(C(=O)O)CC1. The van der Waals surface area contributed by atoms with E-state index in [-0.39, 0.29) is 0 Å². The van der Waals surface area contributed by atoms with Gasteiger partial charge in [-0.15, -0.1) is 0 Å². The topological polar surface area (TPSA) is 37.3 Å². The van der Waals surface area contributed by atoms with Gasteiger partial charge in [0.05, 0.1) is 15.5 Å². The number of hydrogen-bond acceptors (Lipinski definition) is 1. The van der Waals surface area contributed by atoms with Crippen LogP contribution in [0.1, 0.15) is 45.1 Å². The Labute approximate surface area is 136 Å². The maximum atomic E-state index is 11.9. The van der Waals surface area contributed by atoms with Gasteiger partial charge in [0.1, 0.15) is 0 Å². The molecular formula is C17H22Cl2O2. The maximum Gasteiger partial charge on any atom is 0.309 e. The lowest BCUT2D eigenvalue weighted by Gasteiger charge is -2.38. The highest BCUT2D eigenvalue weighted by Crippen LogP contribution is 2.44. The molecule has 1 aliphatic carbocycles. The third-order valence-corrected chi connectivity index (χ3v) is 5.65. The van der Waals surface area contributed by atoms with Gasteiger partial charge in [-0.3, -0.25) is 4.79 Å². The molecule has 1 N–H and O–H groups in total. The maximum absolute atomic E-state index is 11.9. The van der Waals surface area contributed by atoms with Gasteiger partial charge in [-0.2, -0.15) is 0 Å². The van der Waals surface area contributed by atoms with Crippen molar-refractivity contribution in [1.29, 1.82) is 0 Å². The normalized spacial score (nSPS) is 26.0. The van der Waals surface area contributed by atoms with Gasteiger partial charge >= 0.3 is 5.97 Å². The van der Waals surface area contributed by atoms with E-state index in [1.54, 1.807) is 12.1 Å². The number of benzene rings is 1. The second kappa shape index (κ2) is 6.58. The minimum absolute atomic E-state index is 0.491. The fraction of sp³-hybridized carbons (Fsp3) is 0.588. The van der Waals surface area contributed by atoms with Crippen molar-refractivity contribution in [3.05, 3.63) is 33.8 Å². The van der Waals surface area contributed by atoms with Crippen molar-refractivity contribution in [2.24, 2.45) is 17.3 Å². The van der Waals surface area contributed by atoms with E-state index in [2.05, 4.69) is 13.8 Å². The van der Waals surface area contributed by atoms with Crippen molar-refractivity contribution in [3.63, 3.8) is 0 Å². The van der Waals surface area contributed by atoms with Gasteiger partial charge in [-0.05, 0) is 61.6 Å². The largest absolute Gasteiger partial charge is 0.481 e. The molecule has 1 fully saturated rings. The summed E-state index contributed by atoms with van der Waals surface area (Å²) in [6.45, 7) is 4.44. The first-order valence-electron chi connectivity index (χ1n) is 7.51. The van der Waals surface area contributed by atoms with Crippen LogP contribution in [-0.4, -0.2) is 11.1 Å². The predicted octanol–water partition coefficient (Wildman–Crippen LogP) is 5.45. The molecule has 0 aliphatic heterocycles. The number of carboxylic acids is 1. The summed E-state index contributed by atoms with van der Waals surface area (Å²) in [5, 5.41) is 10.7. The van der Waals surface area contributed by atoms with E-state index in [1.807, 2.05) is 6.07 Å². The molecule has 2 rings (SSSR count). The van der Waals surface area contributed by atoms with Crippen LogP contribution in [0.2, 0.25) is 10.0 Å². The molecule has 1 aromatic carbocycles. The zero-order chi connectivity index (χ0) is 15.6. The number of aliphatic carboxylic acids is 1. The molecule has 0 heterocycles. The predicted molar refractivity (Wildman–Crippen MR) is 87.0 cm³/mol. The van der Waals surface area contributed by atoms with Crippen molar-refractivity contribution < 1.29 is 9.90 Å². The Morgan fingerprint density at radius 2 is 1.90 bits per heavy atom. The lowest BCUT2D eigenvalue weighted by molar-refractivity contribution is -0.151. The van der Waals surface area contributed by atoms with E-state index in [0.29, 0.717) is 28.3 Å². The Balaban J connectivity index is 2.16. The molecule has 0 bridgehead atoms. The Kier molecular flexibility index (Phi) is 5.21. The fourth-order valence-electron chi connectivity index (χ4n) is 3.37. The van der Waals surface area contributed by atoms with Crippen LogP contribution in [0.4, 0.5) is 0 Å². The van der Waals surface area contributed by atoms with E-state index >= 15 is 0 Å². The molecule has 2 nitrogen and oxygen atoms in total. The Morgan fingerprint density at radius 3 is 2.38 bits per heavy atom. The first kappa shape index (κ1) is 16.6. The first-order valence-corrected chi connectivity index (χ1v) is 8.27. The number of carboxylic acid groups (broad SMARTS) is 1. The molecule has 0 unspecified atom stereocenters. The highest BCUT2D eigenvalue weighted by molar-refractivity contribution is 6.42. The standard InChI is InChI=1S/C17H22Cl2O2/c1-11(2)13-5-7-17(8-6-13,16(20)21)10-12-3-4-14(18)15(19)9-12/h3-4,9,11,13H,5-8,10H2,1-2H3,(H,20,21). The molecule has 0 radical (unpaired) electrons. The quantitative estimate of drug-likeness (QED) is 0.797. The van der Waals surface area contributed by atoms with Crippen LogP contribution in [0.15, 0.2) is 18.2 Å². The second-order valence-corrected chi connectivity index (χ2v) is 7.41.